The van der Waals surface area contributed by atoms with Gasteiger partial charge in [-0.2, -0.15) is 0 Å². The average molecular weight is 297 g/mol. The SMILES string of the molecule is CCOCOc1c(OC)cc(CNCC(C)C)cc1OC. The molecule has 1 aromatic rings. The fourth-order valence-electron chi connectivity index (χ4n) is 1.87. The highest BCUT2D eigenvalue weighted by molar-refractivity contribution is 5.53. The monoisotopic (exact) mass is 297 g/mol. The summed E-state index contributed by atoms with van der Waals surface area (Å²) in [5.74, 6) is 2.48. The number of rotatable bonds is 10. The topological polar surface area (TPSA) is 49.0 Å². The molecule has 0 saturated carbocycles. The van der Waals surface area contributed by atoms with Gasteiger partial charge in [0.2, 0.25) is 5.75 Å². The van der Waals surface area contributed by atoms with E-state index in [0.29, 0.717) is 29.8 Å². The van der Waals surface area contributed by atoms with E-state index in [9.17, 15) is 0 Å². The summed E-state index contributed by atoms with van der Waals surface area (Å²) >= 11 is 0. The van der Waals surface area contributed by atoms with E-state index < -0.39 is 0 Å². The first kappa shape index (κ1) is 17.6. The zero-order chi connectivity index (χ0) is 15.7. The van der Waals surface area contributed by atoms with Crippen molar-refractivity contribution >= 4 is 0 Å². The molecule has 0 saturated heterocycles. The van der Waals surface area contributed by atoms with Gasteiger partial charge in [0, 0.05) is 13.2 Å². The van der Waals surface area contributed by atoms with Gasteiger partial charge < -0.3 is 24.3 Å². The maximum atomic E-state index is 5.60. The molecule has 0 amide bonds. The van der Waals surface area contributed by atoms with Crippen LogP contribution >= 0.6 is 0 Å². The summed E-state index contributed by atoms with van der Waals surface area (Å²) in [7, 11) is 3.24. The van der Waals surface area contributed by atoms with E-state index in [-0.39, 0.29) is 6.79 Å². The number of nitrogens with one attached hydrogen (secondary N) is 1. The Balaban J connectivity index is 2.84. The summed E-state index contributed by atoms with van der Waals surface area (Å²) < 4.78 is 21.6. The number of benzene rings is 1. The van der Waals surface area contributed by atoms with Crippen molar-refractivity contribution in [1.29, 1.82) is 0 Å². The Kier molecular flexibility index (Phi) is 7.93. The van der Waals surface area contributed by atoms with Crippen LogP contribution in [0, 0.1) is 5.92 Å². The molecule has 1 rings (SSSR count). The fraction of sp³-hybridized carbons (Fsp3) is 0.625. The van der Waals surface area contributed by atoms with E-state index in [1.54, 1.807) is 14.2 Å². The highest BCUT2D eigenvalue weighted by atomic mass is 16.7. The standard InChI is InChI=1S/C16H27NO4/c1-6-20-11-21-16-14(18-4)7-13(8-15(16)19-5)10-17-9-12(2)3/h7-8,12,17H,6,9-11H2,1-5H3. The molecule has 5 nitrogen and oxygen atoms in total. The van der Waals surface area contributed by atoms with Gasteiger partial charge >= 0.3 is 0 Å². The molecule has 0 spiro atoms. The summed E-state index contributed by atoms with van der Waals surface area (Å²) in [6.07, 6.45) is 0. The van der Waals surface area contributed by atoms with Crippen molar-refractivity contribution in [3.8, 4) is 17.2 Å². The molecule has 120 valence electrons. The van der Waals surface area contributed by atoms with Gasteiger partial charge in [-0.05, 0) is 37.1 Å². The Hall–Kier alpha value is -1.46. The zero-order valence-electron chi connectivity index (χ0n) is 13.7. The van der Waals surface area contributed by atoms with Crippen LogP contribution in [0.1, 0.15) is 26.3 Å². The second kappa shape index (κ2) is 9.47. The molecule has 0 fully saturated rings. The van der Waals surface area contributed by atoms with Gasteiger partial charge in [-0.15, -0.1) is 0 Å². The van der Waals surface area contributed by atoms with Gasteiger partial charge in [0.25, 0.3) is 0 Å². The summed E-state index contributed by atoms with van der Waals surface area (Å²) in [5.41, 5.74) is 1.09. The first-order valence-corrected chi connectivity index (χ1v) is 7.28. The van der Waals surface area contributed by atoms with E-state index in [0.717, 1.165) is 18.7 Å². The molecule has 0 aliphatic rings. The number of hydrogen-bond acceptors (Lipinski definition) is 5. The van der Waals surface area contributed by atoms with E-state index in [4.69, 9.17) is 18.9 Å². The van der Waals surface area contributed by atoms with Crippen molar-refractivity contribution in [2.75, 3.05) is 34.2 Å². The van der Waals surface area contributed by atoms with Gasteiger partial charge in [0.1, 0.15) is 0 Å². The molecule has 0 bridgehead atoms. The summed E-state index contributed by atoms with van der Waals surface area (Å²) in [5, 5.41) is 3.40. The lowest BCUT2D eigenvalue weighted by atomic mass is 10.1. The zero-order valence-corrected chi connectivity index (χ0v) is 13.7. The van der Waals surface area contributed by atoms with Gasteiger partial charge in [-0.3, -0.25) is 0 Å². The first-order chi connectivity index (χ1) is 10.1. The first-order valence-electron chi connectivity index (χ1n) is 7.28. The molecule has 1 N–H and O–H groups in total. The molecule has 21 heavy (non-hydrogen) atoms. The van der Waals surface area contributed by atoms with Crippen molar-refractivity contribution in [1.82, 2.24) is 5.32 Å². The average Bonchev–Trinajstić information content (AvgIpc) is 2.47. The lowest BCUT2D eigenvalue weighted by Gasteiger charge is -2.16. The predicted molar refractivity (Wildman–Crippen MR) is 83.2 cm³/mol. The van der Waals surface area contributed by atoms with Crippen LogP contribution in [0.3, 0.4) is 0 Å². The Labute approximate surface area is 127 Å². The van der Waals surface area contributed by atoms with Crippen LogP contribution in [0.15, 0.2) is 12.1 Å². The number of hydrogen-bond donors (Lipinski definition) is 1. The minimum Gasteiger partial charge on any atom is -0.493 e. The molecule has 5 heteroatoms. The van der Waals surface area contributed by atoms with Crippen LogP contribution in [-0.4, -0.2) is 34.2 Å². The smallest absolute Gasteiger partial charge is 0.206 e. The van der Waals surface area contributed by atoms with Crippen LogP contribution in [0.4, 0.5) is 0 Å². The second-order valence-corrected chi connectivity index (χ2v) is 5.11. The van der Waals surface area contributed by atoms with Gasteiger partial charge in [0.15, 0.2) is 18.3 Å². The van der Waals surface area contributed by atoms with Crippen LogP contribution in [0.2, 0.25) is 0 Å². The Morgan fingerprint density at radius 3 is 2.19 bits per heavy atom. The molecule has 0 aliphatic carbocycles. The van der Waals surface area contributed by atoms with Crippen LogP contribution in [0.5, 0.6) is 17.2 Å². The minimum atomic E-state index is 0.175. The minimum absolute atomic E-state index is 0.175. The third-order valence-corrected chi connectivity index (χ3v) is 2.89. The van der Waals surface area contributed by atoms with Gasteiger partial charge in [0.05, 0.1) is 14.2 Å². The van der Waals surface area contributed by atoms with Crippen LogP contribution in [-0.2, 0) is 11.3 Å². The molecule has 0 atom stereocenters. The summed E-state index contributed by atoms with van der Waals surface area (Å²) in [6.45, 7) is 8.78. The second-order valence-electron chi connectivity index (χ2n) is 5.11. The van der Waals surface area contributed by atoms with Crippen molar-refractivity contribution in [2.45, 2.75) is 27.3 Å². The molecular formula is C16H27NO4. The third-order valence-electron chi connectivity index (χ3n) is 2.89. The highest BCUT2D eigenvalue weighted by Crippen LogP contribution is 2.38. The lowest BCUT2D eigenvalue weighted by molar-refractivity contribution is 0.0193. The van der Waals surface area contributed by atoms with E-state index in [2.05, 4.69) is 19.2 Å². The van der Waals surface area contributed by atoms with Gasteiger partial charge in [-0.25, -0.2) is 0 Å². The molecule has 1 aromatic carbocycles. The largest absolute Gasteiger partial charge is 0.493 e. The Morgan fingerprint density at radius 1 is 1.10 bits per heavy atom. The predicted octanol–water partition coefficient (Wildman–Crippen LogP) is 2.82. The van der Waals surface area contributed by atoms with E-state index in [1.807, 2.05) is 19.1 Å². The summed E-state index contributed by atoms with van der Waals surface area (Å²) in [6, 6.07) is 3.91. The summed E-state index contributed by atoms with van der Waals surface area (Å²) in [4.78, 5) is 0. The maximum Gasteiger partial charge on any atom is 0.206 e. The maximum absolute atomic E-state index is 5.60. The van der Waals surface area contributed by atoms with Crippen molar-refractivity contribution in [3.63, 3.8) is 0 Å². The van der Waals surface area contributed by atoms with Gasteiger partial charge in [-0.1, -0.05) is 13.8 Å². The Bertz CT molecular complexity index is 396. The normalized spacial score (nSPS) is 10.8. The lowest BCUT2D eigenvalue weighted by Crippen LogP contribution is -2.19. The van der Waals surface area contributed by atoms with Crippen molar-refractivity contribution in [2.24, 2.45) is 5.92 Å². The molecule has 0 unspecified atom stereocenters. The van der Waals surface area contributed by atoms with Crippen LogP contribution in [0.25, 0.3) is 0 Å². The fourth-order valence-corrected chi connectivity index (χ4v) is 1.87. The van der Waals surface area contributed by atoms with Crippen LogP contribution < -0.4 is 19.5 Å². The highest BCUT2D eigenvalue weighted by Gasteiger charge is 2.14. The molecule has 0 aliphatic heterocycles. The molecular weight excluding hydrogens is 270 g/mol. The van der Waals surface area contributed by atoms with E-state index in [1.165, 1.54) is 0 Å². The molecule has 0 radical (unpaired) electrons. The number of methoxy groups -OCH3 is 2. The van der Waals surface area contributed by atoms with Crippen molar-refractivity contribution in [3.05, 3.63) is 17.7 Å². The van der Waals surface area contributed by atoms with Crippen molar-refractivity contribution < 1.29 is 18.9 Å². The third kappa shape index (κ3) is 5.81. The molecule has 0 heterocycles. The van der Waals surface area contributed by atoms with E-state index >= 15 is 0 Å². The number of ether oxygens (including phenoxy) is 4. The quantitative estimate of drug-likeness (QED) is 0.531. The molecule has 0 aromatic heterocycles. The Morgan fingerprint density at radius 2 is 1.71 bits per heavy atom.